The summed E-state index contributed by atoms with van der Waals surface area (Å²) in [4.78, 5) is 14.4. The summed E-state index contributed by atoms with van der Waals surface area (Å²) < 4.78 is 0. The van der Waals surface area contributed by atoms with Crippen molar-refractivity contribution in [3.8, 4) is 0 Å². The van der Waals surface area contributed by atoms with E-state index in [2.05, 4.69) is 6.92 Å². The lowest BCUT2D eigenvalue weighted by Gasteiger charge is -2.23. The summed E-state index contributed by atoms with van der Waals surface area (Å²) in [7, 11) is 0. The molecule has 3 nitrogen and oxygen atoms in total. The van der Waals surface area contributed by atoms with Crippen molar-refractivity contribution < 1.29 is 4.79 Å². The highest BCUT2D eigenvalue weighted by Crippen LogP contribution is 2.30. The van der Waals surface area contributed by atoms with Gasteiger partial charge in [-0.1, -0.05) is 13.0 Å². The second-order valence-electron chi connectivity index (χ2n) is 5.29. The number of hydrogen-bond donors (Lipinski definition) is 1. The first-order valence-electron chi connectivity index (χ1n) is 6.77. The minimum absolute atomic E-state index is 0.0845. The van der Waals surface area contributed by atoms with Crippen molar-refractivity contribution >= 4 is 11.6 Å². The molecule has 3 heteroatoms. The number of nitrogens with two attached hydrogens (primary N) is 1. The number of hydrogen-bond acceptors (Lipinski definition) is 2. The highest BCUT2D eigenvalue weighted by molar-refractivity contribution is 5.99. The molecule has 2 N–H and O–H groups in total. The van der Waals surface area contributed by atoms with Crippen LogP contribution in [0.3, 0.4) is 0 Å². The van der Waals surface area contributed by atoms with Gasteiger partial charge in [0.15, 0.2) is 0 Å². The number of carbonyl (C=O) groups is 1. The first-order chi connectivity index (χ1) is 8.61. The van der Waals surface area contributed by atoms with Gasteiger partial charge >= 0.3 is 0 Å². The molecule has 0 aromatic heterocycles. The van der Waals surface area contributed by atoms with Gasteiger partial charge in [-0.25, -0.2) is 0 Å². The average molecular weight is 246 g/mol. The van der Waals surface area contributed by atoms with E-state index in [1.807, 2.05) is 30.0 Å². The quantitative estimate of drug-likeness (QED) is 0.812. The summed E-state index contributed by atoms with van der Waals surface area (Å²) in [6.45, 7) is 5.80. The Hall–Kier alpha value is -1.51. The molecule has 1 aromatic rings. The van der Waals surface area contributed by atoms with Crippen LogP contribution >= 0.6 is 0 Å². The van der Waals surface area contributed by atoms with Crippen LogP contribution in [-0.2, 0) is 0 Å². The molecule has 1 saturated carbocycles. The zero-order valence-electron chi connectivity index (χ0n) is 11.3. The fourth-order valence-corrected chi connectivity index (χ4v) is 2.21. The van der Waals surface area contributed by atoms with Gasteiger partial charge in [-0.3, -0.25) is 4.79 Å². The molecular formula is C15H22N2O. The van der Waals surface area contributed by atoms with Gasteiger partial charge in [0.1, 0.15) is 0 Å². The second-order valence-corrected chi connectivity index (χ2v) is 5.29. The molecule has 0 radical (unpaired) electrons. The van der Waals surface area contributed by atoms with Crippen molar-refractivity contribution in [2.75, 3.05) is 18.8 Å². The van der Waals surface area contributed by atoms with Gasteiger partial charge in [-0.2, -0.15) is 0 Å². The fraction of sp³-hybridized carbons (Fsp3) is 0.533. The van der Waals surface area contributed by atoms with Crippen LogP contribution in [0.15, 0.2) is 18.2 Å². The minimum atomic E-state index is 0.0845. The van der Waals surface area contributed by atoms with E-state index in [-0.39, 0.29) is 5.91 Å². The van der Waals surface area contributed by atoms with Crippen LogP contribution in [0.25, 0.3) is 0 Å². The number of nitrogens with zero attached hydrogens (tertiary/aromatic N) is 1. The van der Waals surface area contributed by atoms with E-state index in [9.17, 15) is 4.79 Å². The lowest BCUT2D eigenvalue weighted by Crippen LogP contribution is -2.34. The topological polar surface area (TPSA) is 46.3 Å². The Balaban J connectivity index is 2.15. The monoisotopic (exact) mass is 246 g/mol. The minimum Gasteiger partial charge on any atom is -0.398 e. The Bertz CT molecular complexity index is 438. The maximum Gasteiger partial charge on any atom is 0.255 e. The zero-order valence-corrected chi connectivity index (χ0v) is 11.3. The number of carbonyl (C=O) groups excluding carboxylic acids is 1. The summed E-state index contributed by atoms with van der Waals surface area (Å²) in [6.07, 6.45) is 3.51. The van der Waals surface area contributed by atoms with Crippen LogP contribution in [0.4, 0.5) is 5.69 Å². The number of nitrogen functional groups attached to an aromatic ring is 1. The first-order valence-corrected chi connectivity index (χ1v) is 6.77. The van der Waals surface area contributed by atoms with Crippen molar-refractivity contribution in [3.63, 3.8) is 0 Å². The number of aryl methyl sites for hydroxylation is 1. The number of benzene rings is 1. The van der Waals surface area contributed by atoms with E-state index in [1.165, 1.54) is 12.8 Å². The lowest BCUT2D eigenvalue weighted by molar-refractivity contribution is 0.0749. The molecule has 98 valence electrons. The van der Waals surface area contributed by atoms with Crippen LogP contribution < -0.4 is 5.73 Å². The summed E-state index contributed by atoms with van der Waals surface area (Å²) in [5.41, 5.74) is 8.29. The Morgan fingerprint density at radius 2 is 2.17 bits per heavy atom. The second kappa shape index (κ2) is 5.42. The Labute approximate surface area is 109 Å². The third-order valence-corrected chi connectivity index (χ3v) is 3.39. The van der Waals surface area contributed by atoms with Crippen molar-refractivity contribution in [2.24, 2.45) is 5.92 Å². The zero-order chi connectivity index (χ0) is 13.1. The Morgan fingerprint density at radius 1 is 1.44 bits per heavy atom. The Kier molecular flexibility index (Phi) is 3.90. The first kappa shape index (κ1) is 12.9. The van der Waals surface area contributed by atoms with Gasteiger partial charge in [-0.05, 0) is 49.8 Å². The number of rotatable bonds is 5. The van der Waals surface area contributed by atoms with E-state index in [4.69, 9.17) is 5.73 Å². The number of amides is 1. The van der Waals surface area contributed by atoms with Crippen molar-refractivity contribution in [1.29, 1.82) is 0 Å². The molecule has 1 amide bonds. The molecule has 1 aromatic carbocycles. The molecule has 0 bridgehead atoms. The predicted molar refractivity (Wildman–Crippen MR) is 74.5 cm³/mol. The van der Waals surface area contributed by atoms with Gasteiger partial charge in [0.05, 0.1) is 5.56 Å². The fourth-order valence-electron chi connectivity index (χ4n) is 2.21. The molecule has 0 atom stereocenters. The molecule has 18 heavy (non-hydrogen) atoms. The maximum atomic E-state index is 12.5. The molecule has 1 aliphatic carbocycles. The third kappa shape index (κ3) is 3.03. The van der Waals surface area contributed by atoms with E-state index in [0.717, 1.165) is 25.1 Å². The van der Waals surface area contributed by atoms with Gasteiger partial charge in [-0.15, -0.1) is 0 Å². The molecule has 0 saturated heterocycles. The largest absolute Gasteiger partial charge is 0.398 e. The van der Waals surface area contributed by atoms with Crippen LogP contribution in [0, 0.1) is 12.8 Å². The summed E-state index contributed by atoms with van der Waals surface area (Å²) in [6, 6.07) is 5.67. The predicted octanol–water partition coefficient (Wildman–Crippen LogP) is 2.84. The standard InChI is InChI=1S/C15H22N2O/c1-3-8-17(10-12-5-6-12)15(18)13-7-4-11(2)9-14(13)16/h4,7,9,12H,3,5-6,8,10,16H2,1-2H3. The van der Waals surface area contributed by atoms with Crippen LogP contribution in [0.1, 0.15) is 42.1 Å². The van der Waals surface area contributed by atoms with E-state index < -0.39 is 0 Å². The van der Waals surface area contributed by atoms with Gasteiger partial charge in [0, 0.05) is 18.8 Å². The summed E-state index contributed by atoms with van der Waals surface area (Å²) in [5.74, 6) is 0.799. The SMILES string of the molecule is CCCN(CC1CC1)C(=O)c1ccc(C)cc1N. The average Bonchev–Trinajstić information content (AvgIpc) is 3.11. The normalized spacial score (nSPS) is 14.6. The van der Waals surface area contributed by atoms with Crippen molar-refractivity contribution in [3.05, 3.63) is 29.3 Å². The summed E-state index contributed by atoms with van der Waals surface area (Å²) in [5, 5.41) is 0. The molecule has 1 aliphatic rings. The van der Waals surface area contributed by atoms with Crippen LogP contribution in [0.5, 0.6) is 0 Å². The number of anilines is 1. The van der Waals surface area contributed by atoms with E-state index in [0.29, 0.717) is 17.2 Å². The van der Waals surface area contributed by atoms with Gasteiger partial charge in [0.25, 0.3) is 5.91 Å². The van der Waals surface area contributed by atoms with Crippen LogP contribution in [-0.4, -0.2) is 23.9 Å². The molecule has 0 spiro atoms. The highest BCUT2D eigenvalue weighted by atomic mass is 16.2. The van der Waals surface area contributed by atoms with Gasteiger partial charge < -0.3 is 10.6 Å². The van der Waals surface area contributed by atoms with Crippen molar-refractivity contribution in [1.82, 2.24) is 4.90 Å². The molecule has 0 heterocycles. The van der Waals surface area contributed by atoms with Crippen LogP contribution in [0.2, 0.25) is 0 Å². The molecular weight excluding hydrogens is 224 g/mol. The Morgan fingerprint density at radius 3 is 2.72 bits per heavy atom. The maximum absolute atomic E-state index is 12.5. The molecule has 2 rings (SSSR count). The van der Waals surface area contributed by atoms with Crippen molar-refractivity contribution in [2.45, 2.75) is 33.1 Å². The van der Waals surface area contributed by atoms with Gasteiger partial charge in [0.2, 0.25) is 0 Å². The molecule has 0 unspecified atom stereocenters. The highest BCUT2D eigenvalue weighted by Gasteiger charge is 2.27. The smallest absolute Gasteiger partial charge is 0.255 e. The van der Waals surface area contributed by atoms with E-state index >= 15 is 0 Å². The van der Waals surface area contributed by atoms with E-state index in [1.54, 1.807) is 0 Å². The third-order valence-electron chi connectivity index (χ3n) is 3.39. The summed E-state index contributed by atoms with van der Waals surface area (Å²) >= 11 is 0. The molecule has 1 fully saturated rings. The lowest BCUT2D eigenvalue weighted by atomic mass is 10.1. The molecule has 0 aliphatic heterocycles.